The molecule has 0 atom stereocenters. The molecule has 0 unspecified atom stereocenters. The first-order valence-electron chi connectivity index (χ1n) is 4.74. The molecule has 0 amide bonds. The molecule has 0 spiro atoms. The molecular weight excluding hydrogens is 186 g/mol. The average molecular weight is 199 g/mol. The molecule has 0 aliphatic carbocycles. The third kappa shape index (κ3) is 1.76. The van der Waals surface area contributed by atoms with E-state index in [1.54, 1.807) is 6.20 Å². The molecule has 0 bridgehead atoms. The summed E-state index contributed by atoms with van der Waals surface area (Å²) in [6.07, 6.45) is 3.61. The van der Waals surface area contributed by atoms with E-state index in [4.69, 9.17) is 11.5 Å². The molecular formula is C12H13N3. The number of rotatable bonds is 1. The molecule has 0 radical (unpaired) electrons. The van der Waals surface area contributed by atoms with Gasteiger partial charge in [0.05, 0.1) is 11.4 Å². The van der Waals surface area contributed by atoms with Gasteiger partial charge in [-0.1, -0.05) is 6.07 Å². The van der Waals surface area contributed by atoms with Gasteiger partial charge >= 0.3 is 0 Å². The maximum Gasteiger partial charge on any atom is 0.0554 e. The lowest BCUT2D eigenvalue weighted by Crippen LogP contribution is -1.95. The minimum atomic E-state index is 0.607. The number of anilines is 2. The Morgan fingerprint density at radius 1 is 1.07 bits per heavy atom. The van der Waals surface area contributed by atoms with Gasteiger partial charge in [0.25, 0.3) is 0 Å². The van der Waals surface area contributed by atoms with Crippen LogP contribution in [0.5, 0.6) is 0 Å². The lowest BCUT2D eigenvalue weighted by Gasteiger charge is -2.07. The monoisotopic (exact) mass is 199 g/mol. The number of aryl methyl sites for hydroxylation is 1. The van der Waals surface area contributed by atoms with E-state index in [1.165, 1.54) is 5.56 Å². The number of benzene rings is 1. The van der Waals surface area contributed by atoms with E-state index in [1.807, 2.05) is 37.4 Å². The Morgan fingerprint density at radius 3 is 2.53 bits per heavy atom. The summed E-state index contributed by atoms with van der Waals surface area (Å²) in [6.45, 7) is 2.05. The maximum atomic E-state index is 5.76. The van der Waals surface area contributed by atoms with Gasteiger partial charge in [-0.25, -0.2) is 0 Å². The molecule has 3 nitrogen and oxygen atoms in total. The van der Waals surface area contributed by atoms with E-state index in [0.717, 1.165) is 11.1 Å². The second kappa shape index (κ2) is 3.61. The van der Waals surface area contributed by atoms with Gasteiger partial charge in [0.2, 0.25) is 0 Å². The van der Waals surface area contributed by atoms with Crippen LogP contribution in [0.2, 0.25) is 0 Å². The van der Waals surface area contributed by atoms with Crippen molar-refractivity contribution in [3.8, 4) is 11.1 Å². The van der Waals surface area contributed by atoms with Crippen LogP contribution >= 0.6 is 0 Å². The van der Waals surface area contributed by atoms with E-state index >= 15 is 0 Å². The fourth-order valence-corrected chi connectivity index (χ4v) is 1.51. The van der Waals surface area contributed by atoms with Gasteiger partial charge in [-0.2, -0.15) is 0 Å². The number of hydrogen-bond acceptors (Lipinski definition) is 3. The van der Waals surface area contributed by atoms with Crippen LogP contribution in [0.25, 0.3) is 11.1 Å². The molecule has 0 saturated carbocycles. The van der Waals surface area contributed by atoms with Gasteiger partial charge in [-0.15, -0.1) is 0 Å². The van der Waals surface area contributed by atoms with Crippen molar-refractivity contribution in [3.05, 3.63) is 42.2 Å². The minimum Gasteiger partial charge on any atom is -0.397 e. The van der Waals surface area contributed by atoms with E-state index in [-0.39, 0.29) is 0 Å². The molecule has 4 N–H and O–H groups in total. The van der Waals surface area contributed by atoms with Gasteiger partial charge in [-0.3, -0.25) is 4.98 Å². The van der Waals surface area contributed by atoms with Crippen molar-refractivity contribution in [2.24, 2.45) is 0 Å². The van der Waals surface area contributed by atoms with Crippen LogP contribution in [0.1, 0.15) is 5.56 Å². The molecule has 0 aliphatic rings. The van der Waals surface area contributed by atoms with Gasteiger partial charge in [0.1, 0.15) is 0 Å². The fraction of sp³-hybridized carbons (Fsp3) is 0.0833. The summed E-state index contributed by atoms with van der Waals surface area (Å²) < 4.78 is 0. The zero-order chi connectivity index (χ0) is 10.8. The Hall–Kier alpha value is -2.03. The van der Waals surface area contributed by atoms with Crippen molar-refractivity contribution in [2.75, 3.05) is 11.5 Å². The standard InChI is InChI=1S/C12H13N3/c1-8-4-5-15-7-10(8)9-2-3-11(13)12(14)6-9/h2-7H,13-14H2,1H3. The number of hydrogen-bond donors (Lipinski definition) is 2. The quantitative estimate of drug-likeness (QED) is 0.692. The Kier molecular flexibility index (Phi) is 2.29. The zero-order valence-electron chi connectivity index (χ0n) is 8.57. The van der Waals surface area contributed by atoms with Crippen LogP contribution in [-0.2, 0) is 0 Å². The number of pyridine rings is 1. The summed E-state index contributed by atoms with van der Waals surface area (Å²) >= 11 is 0. The molecule has 1 heterocycles. The normalized spacial score (nSPS) is 10.2. The number of nitrogen functional groups attached to an aromatic ring is 2. The molecule has 3 heteroatoms. The molecule has 1 aromatic carbocycles. The zero-order valence-corrected chi connectivity index (χ0v) is 8.57. The fourth-order valence-electron chi connectivity index (χ4n) is 1.51. The van der Waals surface area contributed by atoms with E-state index in [9.17, 15) is 0 Å². The summed E-state index contributed by atoms with van der Waals surface area (Å²) in [7, 11) is 0. The molecule has 0 aliphatic heterocycles. The SMILES string of the molecule is Cc1ccncc1-c1ccc(N)c(N)c1. The minimum absolute atomic E-state index is 0.607. The van der Waals surface area contributed by atoms with Crippen LogP contribution in [0.3, 0.4) is 0 Å². The van der Waals surface area contributed by atoms with Crippen molar-refractivity contribution in [2.45, 2.75) is 6.92 Å². The molecule has 76 valence electrons. The van der Waals surface area contributed by atoms with E-state index in [2.05, 4.69) is 4.98 Å². The molecule has 2 rings (SSSR count). The Bertz CT molecular complexity index is 492. The van der Waals surface area contributed by atoms with Crippen molar-refractivity contribution in [1.29, 1.82) is 0 Å². The maximum absolute atomic E-state index is 5.76. The van der Waals surface area contributed by atoms with Crippen molar-refractivity contribution in [1.82, 2.24) is 4.98 Å². The molecule has 2 aromatic rings. The van der Waals surface area contributed by atoms with E-state index in [0.29, 0.717) is 11.4 Å². The van der Waals surface area contributed by atoms with Crippen molar-refractivity contribution >= 4 is 11.4 Å². The first kappa shape index (κ1) is 9.52. The van der Waals surface area contributed by atoms with Gasteiger partial charge in [-0.05, 0) is 36.2 Å². The smallest absolute Gasteiger partial charge is 0.0554 e. The summed E-state index contributed by atoms with van der Waals surface area (Å²) in [5, 5.41) is 0. The number of aromatic nitrogens is 1. The van der Waals surface area contributed by atoms with Gasteiger partial charge in [0, 0.05) is 18.0 Å². The predicted octanol–water partition coefficient (Wildman–Crippen LogP) is 2.22. The topological polar surface area (TPSA) is 64.9 Å². The first-order chi connectivity index (χ1) is 7.18. The van der Waals surface area contributed by atoms with Crippen LogP contribution in [0, 0.1) is 6.92 Å². The van der Waals surface area contributed by atoms with Crippen LogP contribution in [0.4, 0.5) is 11.4 Å². The predicted molar refractivity (Wildman–Crippen MR) is 63.2 cm³/mol. The second-order valence-electron chi connectivity index (χ2n) is 3.53. The van der Waals surface area contributed by atoms with Gasteiger partial charge in [0.15, 0.2) is 0 Å². The highest BCUT2D eigenvalue weighted by Crippen LogP contribution is 2.26. The summed E-state index contributed by atoms with van der Waals surface area (Å²) in [6, 6.07) is 7.62. The Balaban J connectivity index is 2.55. The summed E-state index contributed by atoms with van der Waals surface area (Å²) in [5.74, 6) is 0. The van der Waals surface area contributed by atoms with Crippen molar-refractivity contribution < 1.29 is 0 Å². The third-order valence-corrected chi connectivity index (χ3v) is 2.44. The lowest BCUT2D eigenvalue weighted by atomic mass is 10.0. The molecule has 0 fully saturated rings. The molecule has 0 saturated heterocycles. The second-order valence-corrected chi connectivity index (χ2v) is 3.53. The number of nitrogens with two attached hydrogens (primary N) is 2. The van der Waals surface area contributed by atoms with Gasteiger partial charge < -0.3 is 11.5 Å². The van der Waals surface area contributed by atoms with Crippen LogP contribution in [-0.4, -0.2) is 4.98 Å². The highest BCUT2D eigenvalue weighted by Gasteiger charge is 2.03. The Morgan fingerprint density at radius 2 is 1.87 bits per heavy atom. The molecule has 15 heavy (non-hydrogen) atoms. The average Bonchev–Trinajstić information content (AvgIpc) is 2.23. The van der Waals surface area contributed by atoms with Crippen LogP contribution in [0.15, 0.2) is 36.7 Å². The molecule has 1 aromatic heterocycles. The largest absolute Gasteiger partial charge is 0.397 e. The Labute approximate surface area is 88.8 Å². The van der Waals surface area contributed by atoms with Crippen LogP contribution < -0.4 is 11.5 Å². The number of nitrogens with zero attached hydrogens (tertiary/aromatic N) is 1. The first-order valence-corrected chi connectivity index (χ1v) is 4.74. The summed E-state index contributed by atoms with van der Waals surface area (Å²) in [5.41, 5.74) is 16.0. The summed E-state index contributed by atoms with van der Waals surface area (Å²) in [4.78, 5) is 4.10. The third-order valence-electron chi connectivity index (χ3n) is 2.44. The van der Waals surface area contributed by atoms with E-state index < -0.39 is 0 Å². The lowest BCUT2D eigenvalue weighted by molar-refractivity contribution is 1.29. The van der Waals surface area contributed by atoms with Crippen molar-refractivity contribution in [3.63, 3.8) is 0 Å². The highest BCUT2D eigenvalue weighted by atomic mass is 14.7. The highest BCUT2D eigenvalue weighted by molar-refractivity contribution is 5.75.